The highest BCUT2D eigenvalue weighted by molar-refractivity contribution is 5.77. The number of aliphatic hydroxyl groups excluding tert-OH is 3. The molecule has 3 N–H and O–H groups in total. The van der Waals surface area contributed by atoms with Crippen LogP contribution in [0.15, 0.2) is 170 Å². The van der Waals surface area contributed by atoms with Gasteiger partial charge < -0.3 is 15.3 Å². The SMILES string of the molecule is OC(c1ccccc1)c1ccccc1.OC(c1ccccc1)c1ccccc1.OC1c2ccccc2-c2ccccc21. The Morgan fingerprint density at radius 3 is 0.857 bits per heavy atom. The molecule has 3 nitrogen and oxygen atoms in total. The maximum absolute atomic E-state index is 10.0. The molecule has 0 radical (unpaired) electrons. The third kappa shape index (κ3) is 6.91. The molecule has 0 aliphatic heterocycles. The topological polar surface area (TPSA) is 60.7 Å². The molecule has 0 spiro atoms. The highest BCUT2D eigenvalue weighted by atomic mass is 16.3. The zero-order chi connectivity index (χ0) is 29.1. The van der Waals surface area contributed by atoms with E-state index in [-0.39, 0.29) is 0 Å². The Balaban J connectivity index is 0.000000126. The standard InChI is InChI=1S/C13H10O.2C13H12O/c14-13-11-7-3-1-5-9(11)10-6-2-4-8-12(10)13;2*14-13(11-7-3-1-4-8-11)12-9-5-2-6-10-12/h1-8,13-14H;2*1-10,13-14H. The van der Waals surface area contributed by atoms with Crippen molar-refractivity contribution in [3.63, 3.8) is 0 Å². The zero-order valence-corrected chi connectivity index (χ0v) is 23.2. The predicted octanol–water partition coefficient (Wildman–Crippen LogP) is 8.29. The highest BCUT2D eigenvalue weighted by Crippen LogP contribution is 2.42. The van der Waals surface area contributed by atoms with Gasteiger partial charge in [0, 0.05) is 0 Å². The molecular weight excluding hydrogens is 516 g/mol. The number of benzene rings is 6. The first-order valence-corrected chi connectivity index (χ1v) is 14.1. The van der Waals surface area contributed by atoms with E-state index < -0.39 is 18.3 Å². The van der Waals surface area contributed by atoms with Crippen LogP contribution >= 0.6 is 0 Å². The molecule has 0 amide bonds. The Morgan fingerprint density at radius 2 is 0.571 bits per heavy atom. The van der Waals surface area contributed by atoms with Crippen molar-refractivity contribution in [1.29, 1.82) is 0 Å². The van der Waals surface area contributed by atoms with Gasteiger partial charge in [0.05, 0.1) is 0 Å². The predicted molar refractivity (Wildman–Crippen MR) is 170 cm³/mol. The van der Waals surface area contributed by atoms with E-state index in [1.807, 2.05) is 158 Å². The Labute approximate surface area is 247 Å². The Hall–Kier alpha value is -4.80. The number of aliphatic hydroxyl groups is 3. The van der Waals surface area contributed by atoms with Crippen molar-refractivity contribution < 1.29 is 15.3 Å². The van der Waals surface area contributed by atoms with Gasteiger partial charge in [0.25, 0.3) is 0 Å². The van der Waals surface area contributed by atoms with Crippen molar-refractivity contribution in [2.75, 3.05) is 0 Å². The van der Waals surface area contributed by atoms with Gasteiger partial charge in [-0.2, -0.15) is 0 Å². The number of rotatable bonds is 4. The fraction of sp³-hybridized carbons (Fsp3) is 0.0769. The molecule has 0 bridgehead atoms. The first kappa shape index (κ1) is 28.7. The molecule has 6 aromatic carbocycles. The minimum Gasteiger partial charge on any atom is -0.384 e. The van der Waals surface area contributed by atoms with Crippen LogP contribution in [0.25, 0.3) is 11.1 Å². The quantitative estimate of drug-likeness (QED) is 0.207. The van der Waals surface area contributed by atoms with E-state index in [0.29, 0.717) is 0 Å². The van der Waals surface area contributed by atoms with Crippen LogP contribution in [0.3, 0.4) is 0 Å². The van der Waals surface area contributed by atoms with Crippen LogP contribution in [0.4, 0.5) is 0 Å². The summed E-state index contributed by atoms with van der Waals surface area (Å²) in [4.78, 5) is 0. The summed E-state index contributed by atoms with van der Waals surface area (Å²) >= 11 is 0. The maximum Gasteiger partial charge on any atom is 0.105 e. The zero-order valence-electron chi connectivity index (χ0n) is 23.2. The smallest absolute Gasteiger partial charge is 0.105 e. The molecular formula is C39H34O3. The number of hydrogen-bond donors (Lipinski definition) is 3. The first-order valence-electron chi connectivity index (χ1n) is 14.1. The summed E-state index contributed by atoms with van der Waals surface area (Å²) in [5.74, 6) is 0. The summed E-state index contributed by atoms with van der Waals surface area (Å²) in [6.07, 6.45) is -1.47. The molecule has 0 heterocycles. The van der Waals surface area contributed by atoms with Crippen molar-refractivity contribution in [3.8, 4) is 11.1 Å². The lowest BCUT2D eigenvalue weighted by atomic mass is 10.0. The minimum absolute atomic E-state index is 0.442. The molecule has 3 heteroatoms. The fourth-order valence-electron chi connectivity index (χ4n) is 5.06. The summed E-state index contributed by atoms with van der Waals surface area (Å²) < 4.78 is 0. The van der Waals surface area contributed by atoms with Gasteiger partial charge in [0.2, 0.25) is 0 Å². The largest absolute Gasteiger partial charge is 0.384 e. The van der Waals surface area contributed by atoms with E-state index in [0.717, 1.165) is 44.5 Å². The lowest BCUT2D eigenvalue weighted by Crippen LogP contribution is -1.98. The van der Waals surface area contributed by atoms with Crippen LogP contribution in [0.2, 0.25) is 0 Å². The first-order chi connectivity index (χ1) is 20.6. The van der Waals surface area contributed by atoms with Gasteiger partial charge in [-0.05, 0) is 44.5 Å². The molecule has 0 atom stereocenters. The molecule has 0 aromatic heterocycles. The van der Waals surface area contributed by atoms with Crippen LogP contribution < -0.4 is 0 Å². The Kier molecular flexibility index (Phi) is 9.71. The van der Waals surface area contributed by atoms with Gasteiger partial charge in [-0.3, -0.25) is 0 Å². The number of hydrogen-bond acceptors (Lipinski definition) is 3. The Morgan fingerprint density at radius 1 is 0.333 bits per heavy atom. The monoisotopic (exact) mass is 550 g/mol. The summed E-state index contributed by atoms with van der Waals surface area (Å²) in [7, 11) is 0. The van der Waals surface area contributed by atoms with Gasteiger partial charge in [-0.25, -0.2) is 0 Å². The molecule has 0 unspecified atom stereocenters. The van der Waals surface area contributed by atoms with Gasteiger partial charge in [-0.1, -0.05) is 170 Å². The van der Waals surface area contributed by atoms with E-state index in [9.17, 15) is 15.3 Å². The van der Waals surface area contributed by atoms with E-state index in [1.165, 1.54) is 0 Å². The molecule has 7 rings (SSSR count). The highest BCUT2D eigenvalue weighted by Gasteiger charge is 2.25. The van der Waals surface area contributed by atoms with Crippen molar-refractivity contribution in [2.45, 2.75) is 18.3 Å². The van der Waals surface area contributed by atoms with Crippen LogP contribution in [0, 0.1) is 0 Å². The third-order valence-electron chi connectivity index (χ3n) is 7.26. The second-order valence-electron chi connectivity index (χ2n) is 10.0. The molecule has 42 heavy (non-hydrogen) atoms. The molecule has 0 saturated carbocycles. The van der Waals surface area contributed by atoms with E-state index >= 15 is 0 Å². The lowest BCUT2D eigenvalue weighted by Gasteiger charge is -2.10. The van der Waals surface area contributed by atoms with Crippen molar-refractivity contribution in [2.24, 2.45) is 0 Å². The van der Waals surface area contributed by atoms with Gasteiger partial charge in [0.1, 0.15) is 18.3 Å². The average Bonchev–Trinajstić information content (AvgIpc) is 3.38. The molecule has 1 aliphatic carbocycles. The lowest BCUT2D eigenvalue weighted by molar-refractivity contribution is 0.220. The fourth-order valence-corrected chi connectivity index (χ4v) is 5.06. The molecule has 6 aromatic rings. The summed E-state index contributed by atoms with van der Waals surface area (Å²) in [6, 6.07) is 54.7. The van der Waals surface area contributed by atoms with Crippen LogP contribution in [0.1, 0.15) is 51.7 Å². The molecule has 208 valence electrons. The van der Waals surface area contributed by atoms with Crippen LogP contribution in [-0.4, -0.2) is 15.3 Å². The summed E-state index contributed by atoms with van der Waals surface area (Å²) in [5, 5.41) is 30.0. The molecule has 0 saturated heterocycles. The normalized spacial score (nSPS) is 11.5. The summed E-state index contributed by atoms with van der Waals surface area (Å²) in [5.41, 5.74) is 8.09. The Bertz CT molecular complexity index is 1450. The van der Waals surface area contributed by atoms with Crippen LogP contribution in [0.5, 0.6) is 0 Å². The second kappa shape index (κ2) is 14.2. The minimum atomic E-state index is -0.516. The maximum atomic E-state index is 10.0. The van der Waals surface area contributed by atoms with Gasteiger partial charge in [0.15, 0.2) is 0 Å². The van der Waals surface area contributed by atoms with Crippen molar-refractivity contribution in [1.82, 2.24) is 0 Å². The van der Waals surface area contributed by atoms with Gasteiger partial charge in [-0.15, -0.1) is 0 Å². The van der Waals surface area contributed by atoms with Crippen molar-refractivity contribution >= 4 is 0 Å². The molecule has 1 aliphatic rings. The van der Waals surface area contributed by atoms with E-state index in [1.54, 1.807) is 0 Å². The molecule has 0 fully saturated rings. The van der Waals surface area contributed by atoms with E-state index in [4.69, 9.17) is 0 Å². The third-order valence-corrected chi connectivity index (χ3v) is 7.26. The number of fused-ring (bicyclic) bond motifs is 3. The van der Waals surface area contributed by atoms with E-state index in [2.05, 4.69) is 12.1 Å². The average molecular weight is 551 g/mol. The van der Waals surface area contributed by atoms with Crippen LogP contribution in [-0.2, 0) is 0 Å². The second-order valence-corrected chi connectivity index (χ2v) is 10.0. The van der Waals surface area contributed by atoms with Gasteiger partial charge >= 0.3 is 0 Å². The summed E-state index contributed by atoms with van der Waals surface area (Å²) in [6.45, 7) is 0. The van der Waals surface area contributed by atoms with Crippen molar-refractivity contribution in [3.05, 3.63) is 203 Å².